The third-order valence-electron chi connectivity index (χ3n) is 7.25. The van der Waals surface area contributed by atoms with Gasteiger partial charge in [-0.3, -0.25) is 4.79 Å². The minimum Gasteiger partial charge on any atom is -0.372 e. The number of nitrogens with zero attached hydrogens (tertiary/aromatic N) is 4. The monoisotopic (exact) mass is 441 g/mol. The van der Waals surface area contributed by atoms with Crippen molar-refractivity contribution in [2.45, 2.75) is 57.7 Å². The van der Waals surface area contributed by atoms with Gasteiger partial charge in [0.05, 0.1) is 5.75 Å². The molecular weight excluding hydrogens is 406 g/mol. The van der Waals surface area contributed by atoms with Crippen LogP contribution in [0.5, 0.6) is 0 Å². The quantitative estimate of drug-likeness (QED) is 0.586. The third-order valence-corrected chi connectivity index (χ3v) is 8.27. The van der Waals surface area contributed by atoms with Gasteiger partial charge in [-0.05, 0) is 82.1 Å². The molecule has 4 rings (SSSR count). The highest BCUT2D eigenvalue weighted by Gasteiger charge is 2.42. The number of carbonyl (C=O) groups excluding carboxylic acids is 1. The SMILES string of the molecule is CCN(CC)c1ccc(-c2nnc(SCC(=O)NC(C)C3CC4CCC3C4)n2C)cc1. The first-order chi connectivity index (χ1) is 15.0. The summed E-state index contributed by atoms with van der Waals surface area (Å²) >= 11 is 1.45. The molecule has 4 atom stereocenters. The van der Waals surface area contributed by atoms with E-state index in [0.717, 1.165) is 41.5 Å². The molecule has 2 aliphatic rings. The average molecular weight is 442 g/mol. The summed E-state index contributed by atoms with van der Waals surface area (Å²) in [4.78, 5) is 14.9. The summed E-state index contributed by atoms with van der Waals surface area (Å²) in [5.74, 6) is 3.67. The smallest absolute Gasteiger partial charge is 0.230 e. The zero-order valence-electron chi connectivity index (χ0n) is 19.2. The van der Waals surface area contributed by atoms with E-state index in [1.54, 1.807) is 0 Å². The molecule has 6 nitrogen and oxygen atoms in total. The molecule has 7 heteroatoms. The van der Waals surface area contributed by atoms with Crippen molar-refractivity contribution in [3.05, 3.63) is 24.3 Å². The van der Waals surface area contributed by atoms with Crippen molar-refractivity contribution in [1.82, 2.24) is 20.1 Å². The summed E-state index contributed by atoms with van der Waals surface area (Å²) in [5, 5.41) is 12.7. The van der Waals surface area contributed by atoms with Crippen LogP contribution >= 0.6 is 11.8 Å². The predicted octanol–water partition coefficient (Wildman–Crippen LogP) is 4.36. The highest BCUT2D eigenvalue weighted by atomic mass is 32.2. The highest BCUT2D eigenvalue weighted by Crippen LogP contribution is 2.49. The number of fused-ring (bicyclic) bond motifs is 2. The van der Waals surface area contributed by atoms with Crippen LogP contribution in [0.25, 0.3) is 11.4 Å². The van der Waals surface area contributed by atoms with E-state index in [9.17, 15) is 4.79 Å². The topological polar surface area (TPSA) is 63.1 Å². The summed E-state index contributed by atoms with van der Waals surface area (Å²) in [7, 11) is 1.96. The number of benzene rings is 1. The van der Waals surface area contributed by atoms with Gasteiger partial charge in [-0.2, -0.15) is 0 Å². The Morgan fingerprint density at radius 2 is 1.94 bits per heavy atom. The van der Waals surface area contributed by atoms with Crippen LogP contribution in [0.3, 0.4) is 0 Å². The minimum atomic E-state index is 0.0911. The molecule has 0 saturated heterocycles. The van der Waals surface area contributed by atoms with E-state index in [2.05, 4.69) is 65.5 Å². The number of aromatic nitrogens is 3. The first kappa shape index (κ1) is 22.2. The number of amides is 1. The number of thioether (sulfide) groups is 1. The molecule has 4 unspecified atom stereocenters. The van der Waals surface area contributed by atoms with Crippen molar-refractivity contribution in [2.24, 2.45) is 24.8 Å². The maximum Gasteiger partial charge on any atom is 0.230 e. The van der Waals surface area contributed by atoms with Crippen molar-refractivity contribution in [3.63, 3.8) is 0 Å². The molecule has 1 N–H and O–H groups in total. The molecule has 0 radical (unpaired) electrons. The van der Waals surface area contributed by atoms with Gasteiger partial charge in [-0.25, -0.2) is 0 Å². The largest absolute Gasteiger partial charge is 0.372 e. The lowest BCUT2D eigenvalue weighted by Crippen LogP contribution is -2.40. The summed E-state index contributed by atoms with van der Waals surface area (Å²) in [6, 6.07) is 8.72. The minimum absolute atomic E-state index is 0.0911. The van der Waals surface area contributed by atoms with E-state index in [1.165, 1.54) is 43.1 Å². The molecule has 1 amide bonds. The Labute approximate surface area is 190 Å². The Morgan fingerprint density at radius 3 is 2.55 bits per heavy atom. The standard InChI is InChI=1S/C24H35N5OS/c1-5-29(6-2)20-11-9-18(10-12-20)23-26-27-24(28(23)4)31-15-22(30)25-16(3)21-14-17-7-8-19(21)13-17/h9-12,16-17,19,21H,5-8,13-15H2,1-4H3,(H,25,30). The van der Waals surface area contributed by atoms with Crippen molar-refractivity contribution in [3.8, 4) is 11.4 Å². The van der Waals surface area contributed by atoms with Crippen LogP contribution in [-0.2, 0) is 11.8 Å². The second-order valence-electron chi connectivity index (χ2n) is 9.07. The second-order valence-corrected chi connectivity index (χ2v) is 10.0. The molecule has 168 valence electrons. The Kier molecular flexibility index (Phi) is 6.89. The van der Waals surface area contributed by atoms with Crippen LogP contribution in [0.15, 0.2) is 29.4 Å². The van der Waals surface area contributed by atoms with Crippen LogP contribution in [0.1, 0.15) is 46.5 Å². The molecule has 0 aliphatic heterocycles. The number of anilines is 1. The summed E-state index contributed by atoms with van der Waals surface area (Å²) in [6.07, 6.45) is 5.41. The maximum absolute atomic E-state index is 12.5. The number of hydrogen-bond donors (Lipinski definition) is 1. The first-order valence-electron chi connectivity index (χ1n) is 11.7. The van der Waals surface area contributed by atoms with Crippen molar-refractivity contribution >= 4 is 23.4 Å². The molecule has 1 aromatic heterocycles. The Hall–Kier alpha value is -2.02. The number of carbonyl (C=O) groups is 1. The zero-order valence-corrected chi connectivity index (χ0v) is 20.0. The van der Waals surface area contributed by atoms with E-state index in [1.807, 2.05) is 11.6 Å². The number of hydrogen-bond acceptors (Lipinski definition) is 5. The third kappa shape index (κ3) is 4.76. The molecular formula is C24H35N5OS. The van der Waals surface area contributed by atoms with Gasteiger partial charge in [-0.1, -0.05) is 18.2 Å². The fraction of sp³-hybridized carbons (Fsp3) is 0.625. The van der Waals surface area contributed by atoms with Gasteiger partial charge in [0.25, 0.3) is 0 Å². The van der Waals surface area contributed by atoms with Crippen LogP contribution in [0.4, 0.5) is 5.69 Å². The van der Waals surface area contributed by atoms with Gasteiger partial charge in [0.15, 0.2) is 11.0 Å². The van der Waals surface area contributed by atoms with Gasteiger partial charge in [0.1, 0.15) is 0 Å². The van der Waals surface area contributed by atoms with E-state index in [0.29, 0.717) is 11.7 Å². The first-order valence-corrected chi connectivity index (χ1v) is 12.7. The number of nitrogens with one attached hydrogen (secondary N) is 1. The van der Waals surface area contributed by atoms with E-state index >= 15 is 0 Å². The Bertz CT molecular complexity index is 892. The van der Waals surface area contributed by atoms with Crippen molar-refractivity contribution in [2.75, 3.05) is 23.7 Å². The lowest BCUT2D eigenvalue weighted by molar-refractivity contribution is -0.119. The fourth-order valence-electron chi connectivity index (χ4n) is 5.54. The molecule has 1 heterocycles. The summed E-state index contributed by atoms with van der Waals surface area (Å²) < 4.78 is 1.98. The zero-order chi connectivity index (χ0) is 22.0. The molecule has 1 aromatic carbocycles. The van der Waals surface area contributed by atoms with E-state index in [4.69, 9.17) is 0 Å². The lowest BCUT2D eigenvalue weighted by atomic mass is 9.84. The van der Waals surface area contributed by atoms with E-state index in [-0.39, 0.29) is 11.9 Å². The fourth-order valence-corrected chi connectivity index (χ4v) is 6.26. The highest BCUT2D eigenvalue weighted by molar-refractivity contribution is 7.99. The van der Waals surface area contributed by atoms with Gasteiger partial charge in [0, 0.05) is 37.4 Å². The lowest BCUT2D eigenvalue weighted by Gasteiger charge is -2.28. The summed E-state index contributed by atoms with van der Waals surface area (Å²) in [5.41, 5.74) is 2.25. The Morgan fingerprint density at radius 1 is 1.19 bits per heavy atom. The van der Waals surface area contributed by atoms with Crippen LogP contribution < -0.4 is 10.2 Å². The van der Waals surface area contributed by atoms with Crippen molar-refractivity contribution < 1.29 is 4.79 Å². The predicted molar refractivity (Wildman–Crippen MR) is 127 cm³/mol. The van der Waals surface area contributed by atoms with Crippen LogP contribution in [0, 0.1) is 17.8 Å². The second kappa shape index (κ2) is 9.63. The maximum atomic E-state index is 12.5. The molecule has 31 heavy (non-hydrogen) atoms. The average Bonchev–Trinajstić information content (AvgIpc) is 3.50. The number of rotatable bonds is 9. The molecule has 2 saturated carbocycles. The normalized spacial score (nSPS) is 23.2. The van der Waals surface area contributed by atoms with Gasteiger partial charge < -0.3 is 14.8 Å². The molecule has 2 fully saturated rings. The molecule has 0 spiro atoms. The van der Waals surface area contributed by atoms with Gasteiger partial charge in [-0.15, -0.1) is 10.2 Å². The molecule has 2 bridgehead atoms. The van der Waals surface area contributed by atoms with E-state index < -0.39 is 0 Å². The Balaban J connectivity index is 1.32. The van der Waals surface area contributed by atoms with Gasteiger partial charge in [0.2, 0.25) is 5.91 Å². The van der Waals surface area contributed by atoms with Crippen LogP contribution in [0.2, 0.25) is 0 Å². The van der Waals surface area contributed by atoms with Crippen LogP contribution in [-0.4, -0.2) is 45.6 Å². The van der Waals surface area contributed by atoms with Crippen molar-refractivity contribution in [1.29, 1.82) is 0 Å². The van der Waals surface area contributed by atoms with Gasteiger partial charge >= 0.3 is 0 Å². The molecule has 2 aromatic rings. The molecule has 2 aliphatic carbocycles. The summed E-state index contributed by atoms with van der Waals surface area (Å²) in [6.45, 7) is 8.49.